The van der Waals surface area contributed by atoms with Crippen LogP contribution in [0.4, 0.5) is 0 Å². The van der Waals surface area contributed by atoms with Gasteiger partial charge in [0, 0.05) is 25.3 Å². The molecular formula is C16H23N3S. The van der Waals surface area contributed by atoms with Gasteiger partial charge in [0.15, 0.2) is 0 Å². The van der Waals surface area contributed by atoms with Gasteiger partial charge in [0.1, 0.15) is 5.82 Å². The second-order valence-electron chi connectivity index (χ2n) is 5.55. The summed E-state index contributed by atoms with van der Waals surface area (Å²) < 4.78 is 2.23. The first kappa shape index (κ1) is 14.0. The van der Waals surface area contributed by atoms with Crippen molar-refractivity contribution in [1.29, 1.82) is 0 Å². The van der Waals surface area contributed by atoms with E-state index < -0.39 is 0 Å². The number of hydrogen-bond donors (Lipinski definition) is 1. The van der Waals surface area contributed by atoms with Crippen LogP contribution in [0.2, 0.25) is 0 Å². The third-order valence-electron chi connectivity index (χ3n) is 4.05. The molecule has 1 saturated heterocycles. The molecule has 1 aliphatic heterocycles. The van der Waals surface area contributed by atoms with Gasteiger partial charge in [0.05, 0.1) is 11.0 Å². The maximum atomic E-state index is 4.73. The number of aryl methyl sites for hydroxylation is 2. The number of benzene rings is 1. The molecule has 20 heavy (non-hydrogen) atoms. The highest BCUT2D eigenvalue weighted by Gasteiger charge is 2.12. The summed E-state index contributed by atoms with van der Waals surface area (Å²) in [6.45, 7) is 1.11. The number of para-hydroxylation sites is 2. The molecule has 3 nitrogen and oxygen atoms in total. The molecule has 0 saturated carbocycles. The Balaban J connectivity index is 1.51. The molecule has 1 aromatic carbocycles. The van der Waals surface area contributed by atoms with E-state index in [0.29, 0.717) is 0 Å². The van der Waals surface area contributed by atoms with E-state index in [4.69, 9.17) is 4.98 Å². The Bertz CT molecular complexity index is 558. The normalized spacial score (nSPS) is 19.6. The molecule has 2 heterocycles. The van der Waals surface area contributed by atoms with Crippen LogP contribution < -0.4 is 5.32 Å². The van der Waals surface area contributed by atoms with Crippen molar-refractivity contribution in [3.8, 4) is 0 Å². The van der Waals surface area contributed by atoms with E-state index in [2.05, 4.69) is 53.0 Å². The molecular weight excluding hydrogens is 266 g/mol. The number of fused-ring (bicyclic) bond motifs is 1. The summed E-state index contributed by atoms with van der Waals surface area (Å²) >= 11 is 2.08. The van der Waals surface area contributed by atoms with Crippen molar-refractivity contribution in [2.75, 3.05) is 18.1 Å². The van der Waals surface area contributed by atoms with Gasteiger partial charge in [-0.25, -0.2) is 4.98 Å². The molecule has 1 fully saturated rings. The van der Waals surface area contributed by atoms with Gasteiger partial charge >= 0.3 is 0 Å². The van der Waals surface area contributed by atoms with Crippen LogP contribution >= 0.6 is 11.8 Å². The number of rotatable bonds is 5. The fourth-order valence-electron chi connectivity index (χ4n) is 2.87. The van der Waals surface area contributed by atoms with Crippen molar-refractivity contribution >= 4 is 22.8 Å². The Kier molecular flexibility index (Phi) is 4.63. The van der Waals surface area contributed by atoms with Gasteiger partial charge in [-0.05, 0) is 43.7 Å². The number of aromatic nitrogens is 2. The highest BCUT2D eigenvalue weighted by atomic mass is 32.2. The third kappa shape index (κ3) is 3.18. The second-order valence-corrected chi connectivity index (χ2v) is 6.70. The minimum atomic E-state index is 0.731. The zero-order valence-corrected chi connectivity index (χ0v) is 13.0. The summed E-state index contributed by atoms with van der Waals surface area (Å²) in [6, 6.07) is 9.10. The van der Waals surface area contributed by atoms with Crippen LogP contribution in [0.1, 0.15) is 25.1 Å². The maximum Gasteiger partial charge on any atom is 0.109 e. The Labute approximate surface area is 125 Å². The minimum Gasteiger partial charge on any atom is -0.331 e. The number of thioether (sulfide) groups is 1. The number of hydrogen-bond acceptors (Lipinski definition) is 3. The van der Waals surface area contributed by atoms with Gasteiger partial charge in [-0.3, -0.25) is 0 Å². The molecule has 0 aliphatic carbocycles. The maximum absolute atomic E-state index is 4.73. The third-order valence-corrected chi connectivity index (χ3v) is 5.27. The zero-order valence-electron chi connectivity index (χ0n) is 12.1. The van der Waals surface area contributed by atoms with Crippen LogP contribution in [0.25, 0.3) is 11.0 Å². The van der Waals surface area contributed by atoms with Gasteiger partial charge in [0.2, 0.25) is 0 Å². The Morgan fingerprint density at radius 1 is 1.40 bits per heavy atom. The number of imidazole rings is 1. The van der Waals surface area contributed by atoms with E-state index in [1.807, 2.05) is 0 Å². The van der Waals surface area contributed by atoms with E-state index in [-0.39, 0.29) is 0 Å². The Morgan fingerprint density at radius 2 is 2.30 bits per heavy atom. The van der Waals surface area contributed by atoms with Crippen LogP contribution in [0.3, 0.4) is 0 Å². The predicted molar refractivity (Wildman–Crippen MR) is 87.4 cm³/mol. The van der Waals surface area contributed by atoms with E-state index >= 15 is 0 Å². The second kappa shape index (κ2) is 6.64. The molecule has 0 amide bonds. The lowest BCUT2D eigenvalue weighted by molar-refractivity contribution is 0.498. The van der Waals surface area contributed by atoms with Crippen LogP contribution in [0, 0.1) is 0 Å². The minimum absolute atomic E-state index is 0.731. The van der Waals surface area contributed by atoms with Crippen LogP contribution in [0.5, 0.6) is 0 Å². The van der Waals surface area contributed by atoms with E-state index in [1.165, 1.54) is 42.1 Å². The smallest absolute Gasteiger partial charge is 0.109 e. The number of nitrogens with one attached hydrogen (secondary N) is 1. The van der Waals surface area contributed by atoms with Gasteiger partial charge in [0.25, 0.3) is 0 Å². The molecule has 1 aromatic heterocycles. The highest BCUT2D eigenvalue weighted by molar-refractivity contribution is 7.99. The van der Waals surface area contributed by atoms with Crippen LogP contribution in [-0.2, 0) is 13.5 Å². The summed E-state index contributed by atoms with van der Waals surface area (Å²) in [5.41, 5.74) is 2.35. The average molecular weight is 289 g/mol. The lowest BCUT2D eigenvalue weighted by Crippen LogP contribution is -2.34. The molecule has 1 atom stereocenters. The van der Waals surface area contributed by atoms with Crippen molar-refractivity contribution in [2.24, 2.45) is 7.05 Å². The fourth-order valence-corrected chi connectivity index (χ4v) is 3.98. The zero-order chi connectivity index (χ0) is 13.8. The van der Waals surface area contributed by atoms with Crippen molar-refractivity contribution in [1.82, 2.24) is 14.9 Å². The topological polar surface area (TPSA) is 29.9 Å². The van der Waals surface area contributed by atoms with Crippen LogP contribution in [-0.4, -0.2) is 33.6 Å². The summed E-state index contributed by atoms with van der Waals surface area (Å²) in [6.07, 6.45) is 4.93. The molecule has 1 aliphatic rings. The summed E-state index contributed by atoms with van der Waals surface area (Å²) in [5.74, 6) is 3.83. The molecule has 0 radical (unpaired) electrons. The summed E-state index contributed by atoms with van der Waals surface area (Å²) in [4.78, 5) is 4.73. The molecule has 4 heteroatoms. The van der Waals surface area contributed by atoms with Crippen LogP contribution in [0.15, 0.2) is 24.3 Å². The molecule has 108 valence electrons. The lowest BCUT2D eigenvalue weighted by Gasteiger charge is -2.22. The van der Waals surface area contributed by atoms with Crippen molar-refractivity contribution in [3.05, 3.63) is 30.1 Å². The molecule has 1 N–H and O–H groups in total. The quantitative estimate of drug-likeness (QED) is 0.858. The highest BCUT2D eigenvalue weighted by Crippen LogP contribution is 2.17. The first-order chi connectivity index (χ1) is 9.84. The first-order valence-electron chi connectivity index (χ1n) is 7.56. The summed E-state index contributed by atoms with van der Waals surface area (Å²) in [5, 5.41) is 3.69. The molecule has 2 aromatic rings. The summed E-state index contributed by atoms with van der Waals surface area (Å²) in [7, 11) is 2.12. The van der Waals surface area contributed by atoms with Gasteiger partial charge in [-0.1, -0.05) is 12.1 Å². The number of nitrogens with zero attached hydrogens (tertiary/aromatic N) is 2. The first-order valence-corrected chi connectivity index (χ1v) is 8.71. The molecule has 3 rings (SSSR count). The SMILES string of the molecule is Cn1c(CCCN[C@H]2CCCSC2)nc2ccccc21. The van der Waals surface area contributed by atoms with E-state index in [0.717, 1.165) is 24.5 Å². The van der Waals surface area contributed by atoms with Gasteiger partial charge in [-0.15, -0.1) is 0 Å². The van der Waals surface area contributed by atoms with Crippen molar-refractivity contribution in [2.45, 2.75) is 31.7 Å². The monoisotopic (exact) mass is 289 g/mol. The predicted octanol–water partition coefficient (Wildman–Crippen LogP) is 2.99. The fraction of sp³-hybridized carbons (Fsp3) is 0.562. The lowest BCUT2D eigenvalue weighted by atomic mass is 10.2. The average Bonchev–Trinajstić information content (AvgIpc) is 2.82. The Morgan fingerprint density at radius 3 is 3.10 bits per heavy atom. The molecule has 0 unspecified atom stereocenters. The molecule has 0 bridgehead atoms. The van der Waals surface area contributed by atoms with Gasteiger partial charge in [-0.2, -0.15) is 11.8 Å². The van der Waals surface area contributed by atoms with Crippen molar-refractivity contribution in [3.63, 3.8) is 0 Å². The van der Waals surface area contributed by atoms with E-state index in [9.17, 15) is 0 Å². The van der Waals surface area contributed by atoms with Gasteiger partial charge < -0.3 is 9.88 Å². The Hall–Kier alpha value is -1.00. The van der Waals surface area contributed by atoms with Crippen molar-refractivity contribution < 1.29 is 0 Å². The molecule has 0 spiro atoms. The standard InChI is InChI=1S/C16H23N3S/c1-19-15-8-3-2-7-14(15)18-16(19)9-4-10-17-13-6-5-11-20-12-13/h2-3,7-8,13,17H,4-6,9-12H2,1H3/t13-/m0/s1. The van der Waals surface area contributed by atoms with E-state index in [1.54, 1.807) is 0 Å². The largest absolute Gasteiger partial charge is 0.331 e.